The number of methoxy groups -OCH3 is 1. The van der Waals surface area contributed by atoms with Crippen LogP contribution in [0.2, 0.25) is 0 Å². The molecular formula is C15H14ClNO2. The molecule has 0 amide bonds. The van der Waals surface area contributed by atoms with E-state index in [4.69, 9.17) is 21.1 Å². The Balaban J connectivity index is 2.12. The van der Waals surface area contributed by atoms with E-state index < -0.39 is 0 Å². The molecule has 0 heterocycles. The van der Waals surface area contributed by atoms with Crippen molar-refractivity contribution in [1.29, 1.82) is 0 Å². The minimum Gasteiger partial charge on any atom is -0.497 e. The van der Waals surface area contributed by atoms with Crippen LogP contribution in [0.1, 0.15) is 0 Å². The summed E-state index contributed by atoms with van der Waals surface area (Å²) in [5.74, 6) is 2.12. The molecule has 0 aliphatic rings. The number of alkyl halides is 1. The van der Waals surface area contributed by atoms with Gasteiger partial charge < -0.3 is 9.47 Å². The van der Waals surface area contributed by atoms with Crippen molar-refractivity contribution in [2.75, 3.05) is 13.0 Å². The third-order valence-electron chi connectivity index (χ3n) is 2.42. The molecule has 0 aliphatic heterocycles. The Labute approximate surface area is 117 Å². The summed E-state index contributed by atoms with van der Waals surface area (Å²) in [5, 5.41) is 0. The van der Waals surface area contributed by atoms with Gasteiger partial charge in [0, 0.05) is 0 Å². The minimum absolute atomic E-state index is 0.209. The molecule has 4 heteroatoms. The quantitative estimate of drug-likeness (QED) is 0.479. The molecule has 0 saturated carbocycles. The topological polar surface area (TPSA) is 30.8 Å². The zero-order chi connectivity index (χ0) is 13.5. The standard InChI is InChI=1S/C15H14ClNO2/c1-18-13-7-9-14(10-8-13)19-15(11-16)17-12-5-3-2-4-6-12/h2-10H,11H2,1H3. The lowest BCUT2D eigenvalue weighted by Gasteiger charge is -2.07. The van der Waals surface area contributed by atoms with Gasteiger partial charge in [-0.25, -0.2) is 4.99 Å². The van der Waals surface area contributed by atoms with Gasteiger partial charge in [-0.05, 0) is 36.4 Å². The Morgan fingerprint density at radius 3 is 2.21 bits per heavy atom. The average Bonchev–Trinajstić information content (AvgIpc) is 2.48. The molecule has 0 fully saturated rings. The van der Waals surface area contributed by atoms with Crippen molar-refractivity contribution in [2.45, 2.75) is 0 Å². The van der Waals surface area contributed by atoms with Gasteiger partial charge in [0.1, 0.15) is 11.5 Å². The van der Waals surface area contributed by atoms with Crippen LogP contribution < -0.4 is 9.47 Å². The van der Waals surface area contributed by atoms with Crippen LogP contribution in [0.25, 0.3) is 0 Å². The molecule has 19 heavy (non-hydrogen) atoms. The van der Waals surface area contributed by atoms with Crippen molar-refractivity contribution in [1.82, 2.24) is 0 Å². The van der Waals surface area contributed by atoms with E-state index in [1.807, 2.05) is 54.6 Å². The molecule has 0 N–H and O–H groups in total. The van der Waals surface area contributed by atoms with E-state index in [-0.39, 0.29) is 5.88 Å². The van der Waals surface area contributed by atoms with Crippen molar-refractivity contribution in [2.24, 2.45) is 4.99 Å². The molecule has 0 bridgehead atoms. The molecule has 0 atom stereocenters. The van der Waals surface area contributed by atoms with Crippen molar-refractivity contribution >= 4 is 23.2 Å². The normalized spacial score (nSPS) is 11.2. The molecule has 0 spiro atoms. The van der Waals surface area contributed by atoms with Crippen LogP contribution in [0.5, 0.6) is 11.5 Å². The molecule has 2 aromatic rings. The summed E-state index contributed by atoms with van der Waals surface area (Å²) >= 11 is 5.85. The van der Waals surface area contributed by atoms with Gasteiger partial charge in [-0.3, -0.25) is 0 Å². The zero-order valence-electron chi connectivity index (χ0n) is 10.5. The molecule has 2 aromatic carbocycles. The van der Waals surface area contributed by atoms with Crippen molar-refractivity contribution in [3.05, 3.63) is 54.6 Å². The van der Waals surface area contributed by atoms with Gasteiger partial charge in [0.05, 0.1) is 18.7 Å². The highest BCUT2D eigenvalue weighted by Crippen LogP contribution is 2.18. The van der Waals surface area contributed by atoms with Crippen molar-refractivity contribution in [3.8, 4) is 11.5 Å². The highest BCUT2D eigenvalue weighted by molar-refractivity contribution is 6.27. The van der Waals surface area contributed by atoms with Gasteiger partial charge in [0.25, 0.3) is 0 Å². The van der Waals surface area contributed by atoms with Crippen LogP contribution in [0, 0.1) is 0 Å². The van der Waals surface area contributed by atoms with Crippen molar-refractivity contribution in [3.63, 3.8) is 0 Å². The summed E-state index contributed by atoms with van der Waals surface area (Å²) in [7, 11) is 1.62. The van der Waals surface area contributed by atoms with Crippen LogP contribution >= 0.6 is 11.6 Å². The molecular weight excluding hydrogens is 262 g/mol. The zero-order valence-corrected chi connectivity index (χ0v) is 11.3. The highest BCUT2D eigenvalue weighted by atomic mass is 35.5. The number of hydrogen-bond donors (Lipinski definition) is 0. The maximum atomic E-state index is 5.85. The lowest BCUT2D eigenvalue weighted by atomic mass is 10.3. The highest BCUT2D eigenvalue weighted by Gasteiger charge is 2.02. The maximum Gasteiger partial charge on any atom is 0.210 e. The van der Waals surface area contributed by atoms with Crippen LogP contribution in [-0.2, 0) is 0 Å². The van der Waals surface area contributed by atoms with Crippen LogP contribution in [0.15, 0.2) is 59.6 Å². The number of para-hydroxylation sites is 1. The van der Waals surface area contributed by atoms with Gasteiger partial charge in [-0.1, -0.05) is 18.2 Å². The van der Waals surface area contributed by atoms with E-state index in [9.17, 15) is 0 Å². The first-order valence-corrected chi connectivity index (χ1v) is 6.36. The monoisotopic (exact) mass is 275 g/mol. The Kier molecular flexibility index (Phi) is 4.81. The van der Waals surface area contributed by atoms with E-state index in [1.54, 1.807) is 7.11 Å². The Bertz CT molecular complexity index is 538. The summed E-state index contributed by atoms with van der Waals surface area (Å²) in [6.07, 6.45) is 0. The summed E-state index contributed by atoms with van der Waals surface area (Å²) in [5.41, 5.74) is 0.812. The van der Waals surface area contributed by atoms with Gasteiger partial charge in [-0.15, -0.1) is 11.6 Å². The van der Waals surface area contributed by atoms with E-state index >= 15 is 0 Å². The average molecular weight is 276 g/mol. The predicted molar refractivity (Wildman–Crippen MR) is 77.9 cm³/mol. The summed E-state index contributed by atoms with van der Waals surface area (Å²) in [6.45, 7) is 0. The maximum absolute atomic E-state index is 5.85. The molecule has 0 aromatic heterocycles. The summed E-state index contributed by atoms with van der Waals surface area (Å²) in [6, 6.07) is 16.8. The number of hydrogen-bond acceptors (Lipinski definition) is 3. The molecule has 3 nitrogen and oxygen atoms in total. The predicted octanol–water partition coefficient (Wildman–Crippen LogP) is 4.04. The molecule has 0 aliphatic carbocycles. The van der Waals surface area contributed by atoms with Crippen LogP contribution in [-0.4, -0.2) is 18.9 Å². The van der Waals surface area contributed by atoms with E-state index in [0.29, 0.717) is 11.6 Å². The van der Waals surface area contributed by atoms with Crippen LogP contribution in [0.4, 0.5) is 5.69 Å². The Morgan fingerprint density at radius 2 is 1.63 bits per heavy atom. The molecule has 0 unspecified atom stereocenters. The number of halogens is 1. The van der Waals surface area contributed by atoms with E-state index in [1.165, 1.54) is 0 Å². The summed E-state index contributed by atoms with van der Waals surface area (Å²) < 4.78 is 10.7. The van der Waals surface area contributed by atoms with Gasteiger partial charge in [0.15, 0.2) is 0 Å². The lowest BCUT2D eigenvalue weighted by molar-refractivity contribution is 0.414. The van der Waals surface area contributed by atoms with Gasteiger partial charge in [0.2, 0.25) is 5.90 Å². The van der Waals surface area contributed by atoms with Crippen LogP contribution in [0.3, 0.4) is 0 Å². The second-order valence-electron chi connectivity index (χ2n) is 3.75. The third kappa shape index (κ3) is 4.00. The largest absolute Gasteiger partial charge is 0.497 e. The molecule has 0 saturated heterocycles. The minimum atomic E-state index is 0.209. The van der Waals surface area contributed by atoms with E-state index in [2.05, 4.69) is 4.99 Å². The number of aliphatic imine (C=N–C) groups is 1. The van der Waals surface area contributed by atoms with E-state index in [0.717, 1.165) is 11.4 Å². The SMILES string of the molecule is COc1ccc(OC(CCl)=Nc2ccccc2)cc1. The first kappa shape index (κ1) is 13.4. The smallest absolute Gasteiger partial charge is 0.210 e. The fourth-order valence-electron chi connectivity index (χ4n) is 1.51. The number of benzene rings is 2. The first-order valence-electron chi connectivity index (χ1n) is 5.82. The second kappa shape index (κ2) is 6.81. The van der Waals surface area contributed by atoms with Gasteiger partial charge in [-0.2, -0.15) is 0 Å². The molecule has 98 valence electrons. The van der Waals surface area contributed by atoms with Gasteiger partial charge >= 0.3 is 0 Å². The Morgan fingerprint density at radius 1 is 1.00 bits per heavy atom. The third-order valence-corrected chi connectivity index (χ3v) is 2.65. The summed E-state index contributed by atoms with van der Waals surface area (Å²) in [4.78, 5) is 4.35. The molecule has 2 rings (SSSR count). The Hall–Kier alpha value is -2.00. The number of rotatable bonds is 4. The number of ether oxygens (including phenoxy) is 2. The fourth-order valence-corrected chi connectivity index (χ4v) is 1.62. The number of nitrogens with zero attached hydrogens (tertiary/aromatic N) is 1. The lowest BCUT2D eigenvalue weighted by Crippen LogP contribution is -2.09. The fraction of sp³-hybridized carbons (Fsp3) is 0.133. The molecule has 0 radical (unpaired) electrons. The van der Waals surface area contributed by atoms with Crippen molar-refractivity contribution < 1.29 is 9.47 Å². The second-order valence-corrected chi connectivity index (χ2v) is 4.02. The first-order chi connectivity index (χ1) is 9.31.